The summed E-state index contributed by atoms with van der Waals surface area (Å²) in [5.41, 5.74) is 5.52. The molecule has 0 aromatic heterocycles. The molecule has 0 fully saturated rings. The van der Waals surface area contributed by atoms with Gasteiger partial charge in [-0.2, -0.15) is 0 Å². The highest BCUT2D eigenvalue weighted by molar-refractivity contribution is 5.12. The minimum Gasteiger partial charge on any atom is -0.102 e. The van der Waals surface area contributed by atoms with Crippen molar-refractivity contribution in [1.82, 2.24) is 0 Å². The van der Waals surface area contributed by atoms with E-state index < -0.39 is 0 Å². The van der Waals surface area contributed by atoms with Crippen molar-refractivity contribution in [2.75, 3.05) is 0 Å². The highest BCUT2D eigenvalue weighted by atomic mass is 14.2. The van der Waals surface area contributed by atoms with Gasteiger partial charge < -0.3 is 0 Å². The number of hydrogen-bond acceptors (Lipinski definition) is 0. The predicted molar refractivity (Wildman–Crippen MR) is 158 cm³/mol. The monoisotopic (exact) mass is 466 g/mol. The second kappa shape index (κ2) is 16.2. The van der Waals surface area contributed by atoms with Gasteiger partial charge in [-0.05, 0) is 88.4 Å². The molecular formula is C34H58. The van der Waals surface area contributed by atoms with Crippen molar-refractivity contribution in [3.05, 3.63) is 72.9 Å². The Morgan fingerprint density at radius 3 is 1.91 bits per heavy atom. The molecule has 0 rings (SSSR count). The van der Waals surface area contributed by atoms with Crippen LogP contribution in [0.1, 0.15) is 107 Å². The smallest absolute Gasteiger partial charge is 0.00303 e. The molecule has 0 aliphatic heterocycles. The van der Waals surface area contributed by atoms with Crippen molar-refractivity contribution >= 4 is 0 Å². The first-order valence-electron chi connectivity index (χ1n) is 13.7. The molecule has 5 atom stereocenters. The molecule has 0 amide bonds. The molecule has 0 nitrogen and oxygen atoms in total. The van der Waals surface area contributed by atoms with E-state index in [4.69, 9.17) is 0 Å². The molecule has 0 aromatic carbocycles. The highest BCUT2D eigenvalue weighted by Gasteiger charge is 2.19. The lowest BCUT2D eigenvalue weighted by atomic mass is 9.80. The molecule has 0 spiro atoms. The lowest BCUT2D eigenvalue weighted by Crippen LogP contribution is -2.13. The number of allylic oxidation sites excluding steroid dienone is 8. The molecule has 34 heavy (non-hydrogen) atoms. The molecule has 0 N–H and O–H groups in total. The summed E-state index contributed by atoms with van der Waals surface area (Å²) < 4.78 is 0. The van der Waals surface area contributed by atoms with Crippen LogP contribution in [0.3, 0.4) is 0 Å². The van der Waals surface area contributed by atoms with Gasteiger partial charge in [-0.25, -0.2) is 0 Å². The van der Waals surface area contributed by atoms with E-state index in [0.717, 1.165) is 32.1 Å². The van der Waals surface area contributed by atoms with Crippen molar-refractivity contribution in [2.45, 2.75) is 107 Å². The third-order valence-electron chi connectivity index (χ3n) is 8.17. The maximum atomic E-state index is 4.39. The minimum atomic E-state index is 0.0438. The Bertz CT molecular complexity index is 712. The first kappa shape index (κ1) is 32.4. The van der Waals surface area contributed by atoms with Crippen LogP contribution in [0.4, 0.5) is 0 Å². The maximum Gasteiger partial charge on any atom is 0.00303 e. The topological polar surface area (TPSA) is 0 Å². The highest BCUT2D eigenvalue weighted by Crippen LogP contribution is 2.33. The standard InChI is InChI=1S/C34H58/c1-14-34(13,24-22-33(12)32(11)20-18-29(8)26(4)5)23-21-27(6)15-16-30(9)31(10)19-17-28(7)25(2)3/h14,17,21,23,25,27,29-30,33H,1,4,10-11,15-16,18-20,22,24H2,2-3,5-9,12-13H3. The van der Waals surface area contributed by atoms with Gasteiger partial charge >= 0.3 is 0 Å². The van der Waals surface area contributed by atoms with Crippen molar-refractivity contribution in [2.24, 2.45) is 35.0 Å². The lowest BCUT2D eigenvalue weighted by Gasteiger charge is -2.25. The van der Waals surface area contributed by atoms with Crippen LogP contribution in [0.25, 0.3) is 0 Å². The second-order valence-electron chi connectivity index (χ2n) is 11.9. The summed E-state index contributed by atoms with van der Waals surface area (Å²) in [6.45, 7) is 37.4. The van der Waals surface area contributed by atoms with E-state index in [-0.39, 0.29) is 5.41 Å². The summed E-state index contributed by atoms with van der Waals surface area (Å²) >= 11 is 0. The third kappa shape index (κ3) is 13.4. The summed E-state index contributed by atoms with van der Waals surface area (Å²) in [7, 11) is 0. The largest absolute Gasteiger partial charge is 0.102 e. The van der Waals surface area contributed by atoms with Crippen molar-refractivity contribution in [3.8, 4) is 0 Å². The SMILES string of the molecule is C=CC(C)(C=CC(C)CCC(C)C(=C)CC=C(C)C(C)C)CCC(C)C(=C)CCC(C)C(=C)C. The predicted octanol–water partition coefficient (Wildman–Crippen LogP) is 11.3. The Morgan fingerprint density at radius 1 is 0.794 bits per heavy atom. The Kier molecular flexibility index (Phi) is 15.4. The van der Waals surface area contributed by atoms with Crippen molar-refractivity contribution in [3.63, 3.8) is 0 Å². The molecule has 0 aromatic rings. The lowest BCUT2D eigenvalue weighted by molar-refractivity contribution is 0.423. The fourth-order valence-corrected chi connectivity index (χ4v) is 3.81. The van der Waals surface area contributed by atoms with Gasteiger partial charge in [0.1, 0.15) is 0 Å². The van der Waals surface area contributed by atoms with Crippen LogP contribution in [0, 0.1) is 35.0 Å². The summed E-state index contributed by atoms with van der Waals surface area (Å²) in [5.74, 6) is 2.88. The van der Waals surface area contributed by atoms with Gasteiger partial charge in [0.15, 0.2) is 0 Å². The van der Waals surface area contributed by atoms with Crippen LogP contribution >= 0.6 is 0 Å². The van der Waals surface area contributed by atoms with Gasteiger partial charge in [-0.1, -0.05) is 115 Å². The average Bonchev–Trinajstić information content (AvgIpc) is 2.80. The Morgan fingerprint density at radius 2 is 1.38 bits per heavy atom. The zero-order valence-corrected chi connectivity index (χ0v) is 24.5. The summed E-state index contributed by atoms with van der Waals surface area (Å²) in [6, 6.07) is 0. The molecule has 0 aliphatic rings. The van der Waals surface area contributed by atoms with E-state index >= 15 is 0 Å². The molecule has 0 bridgehead atoms. The Balaban J connectivity index is 4.63. The molecule has 0 aliphatic carbocycles. The van der Waals surface area contributed by atoms with E-state index in [1.807, 2.05) is 0 Å². The Hall–Kier alpha value is -1.56. The normalized spacial score (nSPS) is 17.8. The van der Waals surface area contributed by atoms with Gasteiger partial charge in [-0.3, -0.25) is 0 Å². The minimum absolute atomic E-state index is 0.0438. The maximum absolute atomic E-state index is 4.39. The van der Waals surface area contributed by atoms with Crippen LogP contribution in [-0.4, -0.2) is 0 Å². The molecular weight excluding hydrogens is 408 g/mol. The van der Waals surface area contributed by atoms with Gasteiger partial charge in [0.25, 0.3) is 0 Å². The first-order chi connectivity index (χ1) is 15.7. The van der Waals surface area contributed by atoms with E-state index in [9.17, 15) is 0 Å². The summed E-state index contributed by atoms with van der Waals surface area (Å²) in [4.78, 5) is 0. The number of rotatable bonds is 18. The van der Waals surface area contributed by atoms with Crippen LogP contribution in [0.2, 0.25) is 0 Å². The third-order valence-corrected chi connectivity index (χ3v) is 8.17. The fraction of sp³-hybridized carbons (Fsp3) is 0.647. The molecule has 0 radical (unpaired) electrons. The fourth-order valence-electron chi connectivity index (χ4n) is 3.81. The second-order valence-corrected chi connectivity index (χ2v) is 11.9. The molecule has 194 valence electrons. The summed E-state index contributed by atoms with van der Waals surface area (Å²) in [6.07, 6.45) is 17.2. The molecule has 0 heterocycles. The van der Waals surface area contributed by atoms with Crippen molar-refractivity contribution in [1.29, 1.82) is 0 Å². The zero-order chi connectivity index (χ0) is 26.5. The van der Waals surface area contributed by atoms with Gasteiger partial charge in [0.2, 0.25) is 0 Å². The van der Waals surface area contributed by atoms with E-state index in [1.165, 1.54) is 35.1 Å². The van der Waals surface area contributed by atoms with Crippen molar-refractivity contribution < 1.29 is 0 Å². The molecule has 0 saturated carbocycles. The van der Waals surface area contributed by atoms with Gasteiger partial charge in [0.05, 0.1) is 0 Å². The van der Waals surface area contributed by atoms with Crippen LogP contribution in [0.15, 0.2) is 72.9 Å². The quantitative estimate of drug-likeness (QED) is 0.176. The van der Waals surface area contributed by atoms with Crippen LogP contribution < -0.4 is 0 Å². The van der Waals surface area contributed by atoms with Gasteiger partial charge in [-0.15, -0.1) is 6.58 Å². The first-order valence-corrected chi connectivity index (χ1v) is 13.7. The van der Waals surface area contributed by atoms with Gasteiger partial charge in [0, 0.05) is 5.41 Å². The summed E-state index contributed by atoms with van der Waals surface area (Å²) in [5, 5.41) is 0. The zero-order valence-electron chi connectivity index (χ0n) is 24.5. The molecule has 0 saturated heterocycles. The van der Waals surface area contributed by atoms with E-state index in [0.29, 0.717) is 29.6 Å². The van der Waals surface area contributed by atoms with Crippen LogP contribution in [0.5, 0.6) is 0 Å². The van der Waals surface area contributed by atoms with E-state index in [2.05, 4.69) is 113 Å². The van der Waals surface area contributed by atoms with E-state index in [1.54, 1.807) is 0 Å². The van der Waals surface area contributed by atoms with Crippen LogP contribution in [-0.2, 0) is 0 Å². The molecule has 0 heteroatoms. The molecule has 5 unspecified atom stereocenters. The average molecular weight is 467 g/mol. The Labute approximate surface area is 215 Å². The number of hydrogen-bond donors (Lipinski definition) is 0.